The summed E-state index contributed by atoms with van der Waals surface area (Å²) in [6.07, 6.45) is 2.90. The summed E-state index contributed by atoms with van der Waals surface area (Å²) in [6.45, 7) is 6.04. The fourth-order valence-electron chi connectivity index (χ4n) is 2.59. The highest BCUT2D eigenvalue weighted by molar-refractivity contribution is 7.92. The summed E-state index contributed by atoms with van der Waals surface area (Å²) in [5.74, 6) is -0.311. The van der Waals surface area contributed by atoms with Crippen LogP contribution in [0.2, 0.25) is 0 Å². The second-order valence-corrected chi connectivity index (χ2v) is 7.10. The van der Waals surface area contributed by atoms with Crippen molar-refractivity contribution in [1.29, 1.82) is 0 Å². The van der Waals surface area contributed by atoms with Gasteiger partial charge in [-0.15, -0.1) is 3.89 Å². The molecule has 1 aliphatic carbocycles. The third-order valence-electron chi connectivity index (χ3n) is 4.48. The number of nitrogens with zero attached hydrogens (tertiary/aromatic N) is 2. The molecule has 0 unspecified atom stereocenters. The van der Waals surface area contributed by atoms with Gasteiger partial charge in [0.2, 0.25) is 6.41 Å². The van der Waals surface area contributed by atoms with Gasteiger partial charge in [-0.3, -0.25) is 19.3 Å². The molecule has 0 bridgehead atoms. The topological polar surface area (TPSA) is 57.7 Å². The summed E-state index contributed by atoms with van der Waals surface area (Å²) < 4.78 is 13.1. The van der Waals surface area contributed by atoms with E-state index in [0.29, 0.717) is 23.7 Å². The molecule has 1 aliphatic rings. The van der Waals surface area contributed by atoms with Crippen molar-refractivity contribution in [1.82, 2.24) is 9.21 Å². The Morgan fingerprint density at radius 3 is 2.38 bits per heavy atom. The standard InChI is InChI=1S/C14H23FN2O3S/c1-13(2,12(20)17(10-18)21-15)16(4)9-14(3)7-5-11(19)6-8-14/h10H,5-9H2,1-4H3. The predicted octanol–water partition coefficient (Wildman–Crippen LogP) is 2.36. The van der Waals surface area contributed by atoms with Gasteiger partial charge in [0.1, 0.15) is 5.78 Å². The zero-order valence-corrected chi connectivity index (χ0v) is 13.8. The molecule has 5 nitrogen and oxygen atoms in total. The number of hydrogen-bond acceptors (Lipinski definition) is 5. The summed E-state index contributed by atoms with van der Waals surface area (Å²) >= 11 is -0.388. The van der Waals surface area contributed by atoms with Crippen molar-refractivity contribution in [3.8, 4) is 0 Å². The number of Topliss-reactive ketones (excluding diaryl/α,β-unsaturated/α-hetero) is 1. The van der Waals surface area contributed by atoms with Crippen LogP contribution in [0.5, 0.6) is 0 Å². The van der Waals surface area contributed by atoms with Gasteiger partial charge in [0.15, 0.2) is 12.3 Å². The van der Waals surface area contributed by atoms with Crippen LogP contribution in [0, 0.1) is 5.41 Å². The quantitative estimate of drug-likeness (QED) is 0.556. The molecule has 1 fully saturated rings. The number of ketones is 1. The molecule has 0 N–H and O–H groups in total. The molecule has 0 radical (unpaired) electrons. The normalized spacial score (nSPS) is 18.7. The Hall–Kier alpha value is -0.950. The molecule has 1 saturated carbocycles. The van der Waals surface area contributed by atoms with Crippen molar-refractivity contribution in [2.24, 2.45) is 5.41 Å². The zero-order chi connectivity index (χ0) is 16.3. The van der Waals surface area contributed by atoms with Gasteiger partial charge in [-0.1, -0.05) is 6.92 Å². The number of rotatable bonds is 6. The lowest BCUT2D eigenvalue weighted by atomic mass is 9.74. The minimum Gasteiger partial charge on any atom is -0.300 e. The van der Waals surface area contributed by atoms with Gasteiger partial charge in [-0.25, -0.2) is 0 Å². The molecule has 21 heavy (non-hydrogen) atoms. The third kappa shape index (κ3) is 4.26. The van der Waals surface area contributed by atoms with Crippen LogP contribution in [0.3, 0.4) is 0 Å². The van der Waals surface area contributed by atoms with Crippen LogP contribution in [0.1, 0.15) is 46.5 Å². The van der Waals surface area contributed by atoms with Gasteiger partial charge in [-0.05, 0) is 39.2 Å². The number of carbonyl (C=O) groups excluding carboxylic acids is 3. The van der Waals surface area contributed by atoms with Crippen molar-refractivity contribution < 1.29 is 18.3 Å². The maximum Gasteiger partial charge on any atom is 0.261 e. The molecule has 0 heterocycles. The van der Waals surface area contributed by atoms with Crippen LogP contribution in [0.4, 0.5) is 3.89 Å². The SMILES string of the molecule is CN(CC1(C)CCC(=O)CC1)C(C)(C)C(=O)N(C=O)SF. The summed E-state index contributed by atoms with van der Waals surface area (Å²) in [6, 6.07) is 0. The van der Waals surface area contributed by atoms with Crippen LogP contribution < -0.4 is 0 Å². The number of halogens is 1. The Morgan fingerprint density at radius 2 is 1.95 bits per heavy atom. The van der Waals surface area contributed by atoms with E-state index in [1.807, 2.05) is 4.90 Å². The van der Waals surface area contributed by atoms with Crippen molar-refractivity contribution in [3.05, 3.63) is 0 Å². The molecule has 1 rings (SSSR count). The maximum atomic E-state index is 12.6. The minimum absolute atomic E-state index is 0.0466. The Labute approximate surface area is 129 Å². The molecule has 0 aromatic carbocycles. The van der Waals surface area contributed by atoms with Gasteiger partial charge < -0.3 is 0 Å². The van der Waals surface area contributed by atoms with E-state index < -0.39 is 11.4 Å². The van der Waals surface area contributed by atoms with E-state index in [1.54, 1.807) is 20.9 Å². The molecule has 0 aromatic rings. The smallest absolute Gasteiger partial charge is 0.261 e. The minimum atomic E-state index is -0.996. The van der Waals surface area contributed by atoms with E-state index in [0.717, 1.165) is 12.8 Å². The van der Waals surface area contributed by atoms with E-state index in [1.165, 1.54) is 0 Å². The first-order chi connectivity index (χ1) is 9.66. The summed E-state index contributed by atoms with van der Waals surface area (Å²) in [7, 11) is 1.78. The Kier molecular flexibility index (Phi) is 5.92. The van der Waals surface area contributed by atoms with Crippen molar-refractivity contribution in [3.63, 3.8) is 0 Å². The predicted molar refractivity (Wildman–Crippen MR) is 79.9 cm³/mol. The highest BCUT2D eigenvalue weighted by Crippen LogP contribution is 2.36. The molecule has 0 spiro atoms. The largest absolute Gasteiger partial charge is 0.300 e. The van der Waals surface area contributed by atoms with Crippen molar-refractivity contribution >= 4 is 30.4 Å². The second-order valence-electron chi connectivity index (χ2n) is 6.57. The molecule has 2 amide bonds. The average molecular weight is 318 g/mol. The fourth-order valence-corrected chi connectivity index (χ4v) is 2.91. The van der Waals surface area contributed by atoms with Gasteiger partial charge in [-0.2, -0.15) is 4.31 Å². The highest BCUT2D eigenvalue weighted by atomic mass is 32.2. The van der Waals surface area contributed by atoms with Gasteiger partial charge in [0.25, 0.3) is 5.91 Å². The summed E-state index contributed by atoms with van der Waals surface area (Å²) in [5, 5.41) is 0. The fraction of sp³-hybridized carbons (Fsp3) is 0.786. The first-order valence-electron chi connectivity index (χ1n) is 6.97. The Balaban J connectivity index is 2.76. The second kappa shape index (κ2) is 6.87. The lowest BCUT2D eigenvalue weighted by Gasteiger charge is -2.42. The zero-order valence-electron chi connectivity index (χ0n) is 13.0. The molecular weight excluding hydrogens is 295 g/mol. The number of hydrogen-bond donors (Lipinski definition) is 0. The molecule has 7 heteroatoms. The van der Waals surface area contributed by atoms with Crippen LogP contribution in [0.15, 0.2) is 0 Å². The number of imide groups is 1. The summed E-state index contributed by atoms with van der Waals surface area (Å²) in [5.41, 5.74) is -1.04. The number of likely N-dealkylation sites (N-methyl/N-ethyl adjacent to an activating group) is 1. The third-order valence-corrected chi connectivity index (χ3v) is 4.88. The Morgan fingerprint density at radius 1 is 1.43 bits per heavy atom. The van der Waals surface area contributed by atoms with E-state index in [-0.39, 0.29) is 29.9 Å². The van der Waals surface area contributed by atoms with Gasteiger partial charge >= 0.3 is 0 Å². The molecule has 0 aliphatic heterocycles. The van der Waals surface area contributed by atoms with Gasteiger partial charge in [0, 0.05) is 19.4 Å². The van der Waals surface area contributed by atoms with E-state index in [2.05, 4.69) is 6.92 Å². The number of amides is 2. The molecule has 120 valence electrons. The van der Waals surface area contributed by atoms with E-state index >= 15 is 0 Å². The first-order valence-corrected chi connectivity index (χ1v) is 7.64. The lowest BCUT2D eigenvalue weighted by Crippen LogP contribution is -2.55. The van der Waals surface area contributed by atoms with Crippen LogP contribution >= 0.6 is 12.3 Å². The monoisotopic (exact) mass is 318 g/mol. The molecule has 0 atom stereocenters. The van der Waals surface area contributed by atoms with Crippen LogP contribution in [-0.2, 0) is 14.4 Å². The Bertz CT molecular complexity index is 418. The lowest BCUT2D eigenvalue weighted by molar-refractivity contribution is -0.141. The maximum absolute atomic E-state index is 12.6. The van der Waals surface area contributed by atoms with Gasteiger partial charge in [0.05, 0.1) is 5.54 Å². The molecular formula is C14H23FN2O3S. The van der Waals surface area contributed by atoms with Crippen LogP contribution in [0.25, 0.3) is 0 Å². The average Bonchev–Trinajstić information content (AvgIpc) is 2.43. The van der Waals surface area contributed by atoms with Crippen molar-refractivity contribution in [2.75, 3.05) is 13.6 Å². The highest BCUT2D eigenvalue weighted by Gasteiger charge is 2.40. The van der Waals surface area contributed by atoms with Crippen molar-refractivity contribution in [2.45, 2.75) is 52.0 Å². The number of carbonyl (C=O) groups is 3. The van der Waals surface area contributed by atoms with Crippen LogP contribution in [-0.4, -0.2) is 46.4 Å². The van der Waals surface area contributed by atoms with E-state index in [9.17, 15) is 18.3 Å². The molecule has 0 aromatic heterocycles. The molecule has 0 saturated heterocycles. The first kappa shape index (κ1) is 18.1. The summed E-state index contributed by atoms with van der Waals surface area (Å²) in [4.78, 5) is 36.1. The van der Waals surface area contributed by atoms with E-state index in [4.69, 9.17) is 0 Å².